The molecular formula is C23H24N8O3. The van der Waals surface area contributed by atoms with Crippen LogP contribution in [0.4, 0.5) is 5.82 Å². The van der Waals surface area contributed by atoms with E-state index in [1.807, 2.05) is 31.2 Å². The van der Waals surface area contributed by atoms with Crippen molar-refractivity contribution in [2.75, 3.05) is 5.32 Å². The fourth-order valence-corrected chi connectivity index (χ4v) is 3.31. The third kappa shape index (κ3) is 4.68. The number of pyridine rings is 1. The van der Waals surface area contributed by atoms with Crippen LogP contribution in [0, 0.1) is 6.92 Å². The summed E-state index contributed by atoms with van der Waals surface area (Å²) in [7, 11) is 1.77. The van der Waals surface area contributed by atoms with Gasteiger partial charge in [0.25, 0.3) is 5.91 Å². The number of ether oxygens (including phenoxy) is 1. The van der Waals surface area contributed by atoms with Crippen molar-refractivity contribution in [3.8, 4) is 22.6 Å². The number of rotatable bonds is 7. The van der Waals surface area contributed by atoms with E-state index in [2.05, 4.69) is 30.8 Å². The summed E-state index contributed by atoms with van der Waals surface area (Å²) in [5, 5.41) is 19.7. The number of aryl methyl sites for hydroxylation is 2. The largest absolute Gasteiger partial charge is 0.438 e. The zero-order valence-corrected chi connectivity index (χ0v) is 19.3. The summed E-state index contributed by atoms with van der Waals surface area (Å²) in [4.78, 5) is 29.6. The van der Waals surface area contributed by atoms with Crippen LogP contribution in [0.15, 0.2) is 48.8 Å². The number of carbonyl (C=O) groups is 2. The minimum Gasteiger partial charge on any atom is -0.438 e. The van der Waals surface area contributed by atoms with E-state index in [4.69, 9.17) is 4.74 Å². The molecule has 0 saturated heterocycles. The molecule has 11 nitrogen and oxygen atoms in total. The molecule has 3 aromatic heterocycles. The molecule has 0 radical (unpaired) electrons. The maximum Gasteiger partial charge on any atom is 0.307 e. The van der Waals surface area contributed by atoms with Gasteiger partial charge in [0, 0.05) is 30.8 Å². The predicted molar refractivity (Wildman–Crippen MR) is 123 cm³/mol. The van der Waals surface area contributed by atoms with Crippen LogP contribution in [0.25, 0.3) is 22.6 Å². The van der Waals surface area contributed by atoms with Crippen LogP contribution in [-0.4, -0.2) is 46.8 Å². The Balaban J connectivity index is 1.56. The van der Waals surface area contributed by atoms with Crippen molar-refractivity contribution in [3.05, 3.63) is 59.9 Å². The Morgan fingerprint density at radius 3 is 2.65 bits per heavy atom. The molecule has 34 heavy (non-hydrogen) atoms. The molecule has 0 aliphatic carbocycles. The van der Waals surface area contributed by atoms with Crippen LogP contribution in [0.3, 0.4) is 0 Å². The number of aromatic nitrogens is 7. The van der Waals surface area contributed by atoms with Gasteiger partial charge in [-0.25, -0.2) is 4.98 Å². The summed E-state index contributed by atoms with van der Waals surface area (Å²) >= 11 is 0. The van der Waals surface area contributed by atoms with Crippen LogP contribution in [0.1, 0.15) is 42.4 Å². The number of nitrogens with zero attached hydrogens (tertiary/aromatic N) is 7. The van der Waals surface area contributed by atoms with E-state index in [9.17, 15) is 9.59 Å². The van der Waals surface area contributed by atoms with E-state index < -0.39 is 6.23 Å². The van der Waals surface area contributed by atoms with Crippen LogP contribution < -0.4 is 5.32 Å². The minimum absolute atomic E-state index is 0.250. The third-order valence-electron chi connectivity index (χ3n) is 5.19. The minimum atomic E-state index is -0.689. The molecule has 1 atom stereocenters. The molecule has 1 N–H and O–H groups in total. The first-order chi connectivity index (χ1) is 16.4. The zero-order chi connectivity index (χ0) is 24.2. The lowest BCUT2D eigenvalue weighted by atomic mass is 10.0. The molecule has 1 unspecified atom stereocenters. The fraction of sp³-hybridized carbons (Fsp3) is 0.261. The van der Waals surface area contributed by atoms with Crippen molar-refractivity contribution in [1.29, 1.82) is 0 Å². The molecule has 0 bridgehead atoms. The average molecular weight is 460 g/mol. The summed E-state index contributed by atoms with van der Waals surface area (Å²) in [6.07, 6.45) is 2.90. The van der Waals surface area contributed by atoms with Gasteiger partial charge in [-0.3, -0.25) is 14.3 Å². The zero-order valence-electron chi connectivity index (χ0n) is 19.3. The summed E-state index contributed by atoms with van der Waals surface area (Å²) in [6.45, 7) is 5.26. The lowest BCUT2D eigenvalue weighted by molar-refractivity contribution is -0.153. The topological polar surface area (TPSA) is 130 Å². The fourth-order valence-electron chi connectivity index (χ4n) is 3.31. The number of hydrogen-bond acceptors (Lipinski definition) is 8. The van der Waals surface area contributed by atoms with Crippen LogP contribution in [0.5, 0.6) is 0 Å². The number of esters is 1. The Bertz CT molecular complexity index is 1330. The second kappa shape index (κ2) is 9.61. The molecule has 4 aromatic rings. The van der Waals surface area contributed by atoms with Gasteiger partial charge < -0.3 is 10.1 Å². The van der Waals surface area contributed by atoms with Crippen molar-refractivity contribution < 1.29 is 14.3 Å². The Morgan fingerprint density at radius 1 is 1.18 bits per heavy atom. The highest BCUT2D eigenvalue weighted by atomic mass is 16.6. The van der Waals surface area contributed by atoms with E-state index in [1.165, 1.54) is 4.80 Å². The first-order valence-electron chi connectivity index (χ1n) is 10.7. The van der Waals surface area contributed by atoms with Gasteiger partial charge in [0.1, 0.15) is 11.5 Å². The smallest absolute Gasteiger partial charge is 0.307 e. The maximum atomic E-state index is 12.6. The standard InChI is InChI=1S/C23H24N8O3/c1-5-19(32)34-15(3)31-28-22(27-29-31)20-18(13-25-30(20)4)16-8-10-17(11-9-16)23(33)26-21-14(2)7-6-12-24-21/h6-13,15H,5H2,1-4H3,(H,24,26,33). The predicted octanol–water partition coefficient (Wildman–Crippen LogP) is 3.17. The van der Waals surface area contributed by atoms with Gasteiger partial charge in [-0.05, 0) is 48.4 Å². The molecule has 3 heterocycles. The van der Waals surface area contributed by atoms with Crippen molar-refractivity contribution in [2.45, 2.75) is 33.4 Å². The van der Waals surface area contributed by atoms with Gasteiger partial charge in [-0.2, -0.15) is 5.10 Å². The van der Waals surface area contributed by atoms with Crippen molar-refractivity contribution in [2.24, 2.45) is 7.05 Å². The van der Waals surface area contributed by atoms with Gasteiger partial charge >= 0.3 is 5.97 Å². The van der Waals surface area contributed by atoms with Crippen LogP contribution in [-0.2, 0) is 16.6 Å². The first kappa shape index (κ1) is 22.8. The van der Waals surface area contributed by atoms with E-state index in [0.717, 1.165) is 16.7 Å². The molecular weight excluding hydrogens is 436 g/mol. The van der Waals surface area contributed by atoms with E-state index in [-0.39, 0.29) is 18.3 Å². The highest BCUT2D eigenvalue weighted by Gasteiger charge is 2.20. The van der Waals surface area contributed by atoms with Gasteiger partial charge in [-0.1, -0.05) is 25.1 Å². The number of benzene rings is 1. The number of nitrogens with one attached hydrogen (secondary N) is 1. The van der Waals surface area contributed by atoms with Gasteiger partial charge in [0.15, 0.2) is 0 Å². The van der Waals surface area contributed by atoms with Gasteiger partial charge in [0.2, 0.25) is 12.1 Å². The quantitative estimate of drug-likeness (QED) is 0.416. The lowest BCUT2D eigenvalue weighted by Crippen LogP contribution is -2.16. The number of carbonyl (C=O) groups excluding carboxylic acids is 2. The number of anilines is 1. The second-order valence-electron chi connectivity index (χ2n) is 7.61. The van der Waals surface area contributed by atoms with Crippen LogP contribution >= 0.6 is 0 Å². The second-order valence-corrected chi connectivity index (χ2v) is 7.61. The molecule has 0 saturated carbocycles. The van der Waals surface area contributed by atoms with Crippen molar-refractivity contribution in [3.63, 3.8) is 0 Å². The van der Waals surface area contributed by atoms with Crippen LogP contribution in [0.2, 0.25) is 0 Å². The van der Waals surface area contributed by atoms with Crippen molar-refractivity contribution in [1.82, 2.24) is 35.0 Å². The average Bonchev–Trinajstić information content (AvgIpc) is 3.47. The molecule has 11 heteroatoms. The number of tetrazole rings is 1. The third-order valence-corrected chi connectivity index (χ3v) is 5.19. The SMILES string of the molecule is CCC(=O)OC(C)n1nnc(-c2c(-c3ccc(C(=O)Nc4ncccc4C)cc3)cnn2C)n1. The Labute approximate surface area is 195 Å². The maximum absolute atomic E-state index is 12.6. The molecule has 174 valence electrons. The summed E-state index contributed by atoms with van der Waals surface area (Å²) in [5.41, 5.74) is 3.62. The molecule has 0 spiro atoms. The highest BCUT2D eigenvalue weighted by Crippen LogP contribution is 2.30. The highest BCUT2D eigenvalue weighted by molar-refractivity contribution is 6.04. The summed E-state index contributed by atoms with van der Waals surface area (Å²) in [5.74, 6) is 0.260. The molecule has 4 rings (SSSR count). The Hall–Kier alpha value is -4.41. The van der Waals surface area contributed by atoms with E-state index in [0.29, 0.717) is 22.9 Å². The Kier molecular flexibility index (Phi) is 6.44. The van der Waals surface area contributed by atoms with Gasteiger partial charge in [0.05, 0.1) is 6.20 Å². The monoisotopic (exact) mass is 460 g/mol. The molecule has 0 aliphatic rings. The summed E-state index contributed by atoms with van der Waals surface area (Å²) < 4.78 is 6.88. The summed E-state index contributed by atoms with van der Waals surface area (Å²) in [6, 6.07) is 10.8. The van der Waals surface area contributed by atoms with Gasteiger partial charge in [-0.15, -0.1) is 15.0 Å². The first-order valence-corrected chi connectivity index (χ1v) is 10.7. The lowest BCUT2D eigenvalue weighted by Gasteiger charge is -2.10. The number of hydrogen-bond donors (Lipinski definition) is 1. The van der Waals surface area contributed by atoms with Crippen molar-refractivity contribution >= 4 is 17.7 Å². The van der Waals surface area contributed by atoms with E-state index >= 15 is 0 Å². The Morgan fingerprint density at radius 2 is 1.94 bits per heavy atom. The molecule has 0 aliphatic heterocycles. The number of amides is 1. The van der Waals surface area contributed by atoms with E-state index in [1.54, 1.807) is 50.1 Å². The molecule has 1 amide bonds. The normalized spacial score (nSPS) is 11.8. The molecule has 1 aromatic carbocycles. The molecule has 0 fully saturated rings.